The monoisotopic (exact) mass is 346 g/mol. The van der Waals surface area contributed by atoms with Gasteiger partial charge in [0.05, 0.1) is 23.5 Å². The van der Waals surface area contributed by atoms with Gasteiger partial charge in [0.15, 0.2) is 0 Å². The second-order valence-electron chi connectivity index (χ2n) is 6.37. The number of hydrogen-bond donors (Lipinski definition) is 2. The summed E-state index contributed by atoms with van der Waals surface area (Å²) >= 11 is 0. The number of pyridine rings is 2. The van der Waals surface area contributed by atoms with Gasteiger partial charge in [-0.2, -0.15) is 0 Å². The molecule has 2 heterocycles. The maximum absolute atomic E-state index is 12.5. The topological polar surface area (TPSA) is 66.9 Å². The van der Waals surface area contributed by atoms with Crippen molar-refractivity contribution in [3.05, 3.63) is 83.9 Å². The Morgan fingerprint density at radius 2 is 1.85 bits per heavy atom. The Bertz CT molecular complexity index is 861. The van der Waals surface area contributed by atoms with E-state index in [0.717, 1.165) is 17.1 Å². The van der Waals surface area contributed by atoms with Gasteiger partial charge >= 0.3 is 0 Å². The number of anilines is 2. The van der Waals surface area contributed by atoms with E-state index in [-0.39, 0.29) is 5.91 Å². The van der Waals surface area contributed by atoms with Crippen LogP contribution >= 0.6 is 0 Å². The molecule has 0 aliphatic heterocycles. The number of aromatic nitrogens is 2. The molecule has 2 N–H and O–H groups in total. The van der Waals surface area contributed by atoms with Crippen LogP contribution in [0.2, 0.25) is 0 Å². The zero-order chi connectivity index (χ0) is 18.4. The molecule has 0 unspecified atom stereocenters. The number of rotatable bonds is 6. The van der Waals surface area contributed by atoms with E-state index < -0.39 is 0 Å². The summed E-state index contributed by atoms with van der Waals surface area (Å²) in [5.41, 5.74) is 4.21. The first-order valence-electron chi connectivity index (χ1n) is 8.62. The van der Waals surface area contributed by atoms with Crippen LogP contribution in [0.15, 0.2) is 67.1 Å². The van der Waals surface area contributed by atoms with Crippen LogP contribution in [0.3, 0.4) is 0 Å². The molecule has 3 aromatic rings. The van der Waals surface area contributed by atoms with Gasteiger partial charge in [-0.25, -0.2) is 0 Å². The van der Waals surface area contributed by atoms with Crippen LogP contribution in [-0.2, 0) is 6.54 Å². The van der Waals surface area contributed by atoms with Gasteiger partial charge < -0.3 is 10.6 Å². The molecule has 1 amide bonds. The zero-order valence-electron chi connectivity index (χ0n) is 14.9. The van der Waals surface area contributed by atoms with Gasteiger partial charge in [-0.15, -0.1) is 0 Å². The van der Waals surface area contributed by atoms with Gasteiger partial charge in [-0.3, -0.25) is 14.8 Å². The molecule has 132 valence electrons. The van der Waals surface area contributed by atoms with Crippen LogP contribution in [0.25, 0.3) is 0 Å². The second kappa shape index (κ2) is 8.25. The predicted octanol–water partition coefficient (Wildman–Crippen LogP) is 4.46. The van der Waals surface area contributed by atoms with Crippen molar-refractivity contribution in [2.24, 2.45) is 0 Å². The molecule has 0 aliphatic carbocycles. The molecule has 0 saturated heterocycles. The minimum Gasteiger partial charge on any atom is -0.378 e. The average molecular weight is 346 g/mol. The Kier molecular flexibility index (Phi) is 5.59. The van der Waals surface area contributed by atoms with Crippen molar-refractivity contribution >= 4 is 17.3 Å². The fourth-order valence-electron chi connectivity index (χ4n) is 2.51. The van der Waals surface area contributed by atoms with E-state index in [1.165, 1.54) is 5.56 Å². The summed E-state index contributed by atoms with van der Waals surface area (Å²) in [6.45, 7) is 4.86. The molecule has 0 bridgehead atoms. The Balaban J connectivity index is 1.64. The Morgan fingerprint density at radius 3 is 2.54 bits per heavy atom. The molecule has 1 aromatic carbocycles. The maximum atomic E-state index is 12.5. The molecule has 5 nitrogen and oxygen atoms in total. The Hall–Kier alpha value is -3.21. The van der Waals surface area contributed by atoms with Gasteiger partial charge in [-0.05, 0) is 41.8 Å². The molecule has 0 fully saturated rings. The normalized spacial score (nSPS) is 10.6. The minimum atomic E-state index is -0.184. The lowest BCUT2D eigenvalue weighted by Crippen LogP contribution is -2.13. The average Bonchev–Trinajstić information content (AvgIpc) is 2.68. The van der Waals surface area contributed by atoms with E-state index in [4.69, 9.17) is 0 Å². The highest BCUT2D eigenvalue weighted by Crippen LogP contribution is 2.18. The maximum Gasteiger partial charge on any atom is 0.257 e. The predicted molar refractivity (Wildman–Crippen MR) is 104 cm³/mol. The van der Waals surface area contributed by atoms with E-state index >= 15 is 0 Å². The number of amides is 1. The lowest BCUT2D eigenvalue weighted by Gasteiger charge is -2.10. The smallest absolute Gasteiger partial charge is 0.257 e. The number of hydrogen-bond acceptors (Lipinski definition) is 4. The van der Waals surface area contributed by atoms with Crippen molar-refractivity contribution in [2.75, 3.05) is 10.6 Å². The van der Waals surface area contributed by atoms with Crippen molar-refractivity contribution in [3.63, 3.8) is 0 Å². The fraction of sp³-hybridized carbons (Fsp3) is 0.190. The van der Waals surface area contributed by atoms with E-state index in [1.807, 2.05) is 42.5 Å². The zero-order valence-corrected chi connectivity index (χ0v) is 14.9. The fourth-order valence-corrected chi connectivity index (χ4v) is 2.51. The number of carbonyl (C=O) groups excluding carboxylic acids is 1. The van der Waals surface area contributed by atoms with Crippen molar-refractivity contribution in [1.29, 1.82) is 0 Å². The summed E-state index contributed by atoms with van der Waals surface area (Å²) in [6, 6.07) is 15.5. The van der Waals surface area contributed by atoms with E-state index in [2.05, 4.69) is 34.4 Å². The summed E-state index contributed by atoms with van der Waals surface area (Å²) in [5, 5.41) is 6.14. The SMILES string of the molecule is CC(C)c1ccc(NC(=O)c2cncc(NCc3ccccn3)c2)cc1. The van der Waals surface area contributed by atoms with Crippen LogP contribution in [0.4, 0.5) is 11.4 Å². The van der Waals surface area contributed by atoms with Gasteiger partial charge in [0.25, 0.3) is 5.91 Å². The number of nitrogens with one attached hydrogen (secondary N) is 2. The third-order valence-electron chi connectivity index (χ3n) is 4.04. The van der Waals surface area contributed by atoms with Crippen LogP contribution in [-0.4, -0.2) is 15.9 Å². The third-order valence-corrected chi connectivity index (χ3v) is 4.04. The molecule has 0 spiro atoms. The molecular formula is C21H22N4O. The molecule has 0 aliphatic rings. The first-order valence-corrected chi connectivity index (χ1v) is 8.62. The highest BCUT2D eigenvalue weighted by atomic mass is 16.1. The van der Waals surface area contributed by atoms with Gasteiger partial charge in [0.2, 0.25) is 0 Å². The van der Waals surface area contributed by atoms with Gasteiger partial charge in [0.1, 0.15) is 0 Å². The van der Waals surface area contributed by atoms with E-state index in [0.29, 0.717) is 18.0 Å². The highest BCUT2D eigenvalue weighted by molar-refractivity contribution is 6.04. The molecule has 0 atom stereocenters. The highest BCUT2D eigenvalue weighted by Gasteiger charge is 2.08. The summed E-state index contributed by atoms with van der Waals surface area (Å²) < 4.78 is 0. The first-order chi connectivity index (χ1) is 12.6. The molecule has 2 aromatic heterocycles. The van der Waals surface area contributed by atoms with E-state index in [1.54, 1.807) is 24.7 Å². The number of benzene rings is 1. The molecule has 0 saturated carbocycles. The van der Waals surface area contributed by atoms with Crippen molar-refractivity contribution in [2.45, 2.75) is 26.3 Å². The van der Waals surface area contributed by atoms with Crippen molar-refractivity contribution in [3.8, 4) is 0 Å². The van der Waals surface area contributed by atoms with Crippen molar-refractivity contribution < 1.29 is 4.79 Å². The van der Waals surface area contributed by atoms with Crippen LogP contribution < -0.4 is 10.6 Å². The van der Waals surface area contributed by atoms with Crippen LogP contribution in [0.5, 0.6) is 0 Å². The lowest BCUT2D eigenvalue weighted by molar-refractivity contribution is 0.102. The lowest BCUT2D eigenvalue weighted by atomic mass is 10.0. The van der Waals surface area contributed by atoms with Crippen LogP contribution in [0.1, 0.15) is 41.4 Å². The standard InChI is InChI=1S/C21H22N4O/c1-15(2)16-6-8-18(9-7-16)25-21(26)17-11-20(13-22-12-17)24-14-19-5-3-4-10-23-19/h3-13,15,24H,14H2,1-2H3,(H,25,26). The Morgan fingerprint density at radius 1 is 1.04 bits per heavy atom. The minimum absolute atomic E-state index is 0.184. The number of nitrogens with zero attached hydrogens (tertiary/aromatic N) is 2. The van der Waals surface area contributed by atoms with Gasteiger partial charge in [-0.1, -0.05) is 32.0 Å². The second-order valence-corrected chi connectivity index (χ2v) is 6.37. The summed E-state index contributed by atoms with van der Waals surface area (Å²) in [5.74, 6) is 0.280. The first kappa shape index (κ1) is 17.6. The van der Waals surface area contributed by atoms with Crippen LogP contribution in [0, 0.1) is 0 Å². The summed E-state index contributed by atoms with van der Waals surface area (Å²) in [4.78, 5) is 20.9. The Labute approximate surface area is 153 Å². The third kappa shape index (κ3) is 4.66. The van der Waals surface area contributed by atoms with Crippen molar-refractivity contribution in [1.82, 2.24) is 9.97 Å². The quantitative estimate of drug-likeness (QED) is 0.691. The largest absolute Gasteiger partial charge is 0.378 e. The molecular weight excluding hydrogens is 324 g/mol. The summed E-state index contributed by atoms with van der Waals surface area (Å²) in [7, 11) is 0. The molecule has 3 rings (SSSR count). The van der Waals surface area contributed by atoms with Gasteiger partial charge in [0, 0.05) is 24.3 Å². The molecule has 26 heavy (non-hydrogen) atoms. The van der Waals surface area contributed by atoms with E-state index in [9.17, 15) is 4.79 Å². The molecule has 0 radical (unpaired) electrons. The molecule has 5 heteroatoms. The number of carbonyl (C=O) groups is 1. The summed E-state index contributed by atoms with van der Waals surface area (Å²) in [6.07, 6.45) is 5.00.